The van der Waals surface area contributed by atoms with E-state index in [1.807, 2.05) is 0 Å². The van der Waals surface area contributed by atoms with Crippen molar-refractivity contribution in [2.24, 2.45) is 0 Å². The first-order valence-corrected chi connectivity index (χ1v) is 23.6. The predicted octanol–water partition coefficient (Wildman–Crippen LogP) is 15.1. The maximum absolute atomic E-state index is 12.7. The maximum atomic E-state index is 12.7. The van der Waals surface area contributed by atoms with Crippen LogP contribution >= 0.6 is 0 Å². The average Bonchev–Trinajstić information content (AvgIpc) is 3.19. The fraction of sp³-hybridized carbons (Fsp3) is 0.780. The van der Waals surface area contributed by atoms with Crippen LogP contribution in [-0.4, -0.2) is 37.2 Å². The van der Waals surface area contributed by atoms with Gasteiger partial charge in [-0.25, -0.2) is 0 Å². The highest BCUT2D eigenvalue weighted by Crippen LogP contribution is 2.13. The van der Waals surface area contributed by atoms with Crippen LogP contribution in [0.15, 0.2) is 48.6 Å². The van der Waals surface area contributed by atoms with Crippen molar-refractivity contribution in [1.82, 2.24) is 0 Å². The zero-order valence-corrected chi connectivity index (χ0v) is 36.9. The van der Waals surface area contributed by atoms with Gasteiger partial charge in [0.15, 0.2) is 6.10 Å². The molecule has 0 aliphatic carbocycles. The normalized spacial score (nSPS) is 12.4. The van der Waals surface area contributed by atoms with Crippen LogP contribution in [0.4, 0.5) is 0 Å². The van der Waals surface area contributed by atoms with Crippen molar-refractivity contribution in [2.45, 2.75) is 239 Å². The zero-order chi connectivity index (χ0) is 40.8. The van der Waals surface area contributed by atoms with Crippen LogP contribution in [0.1, 0.15) is 233 Å². The van der Waals surface area contributed by atoms with Crippen LogP contribution in [0.5, 0.6) is 0 Å². The first kappa shape index (κ1) is 53.4. The van der Waals surface area contributed by atoms with Crippen molar-refractivity contribution in [2.75, 3.05) is 13.2 Å². The Morgan fingerprint density at radius 3 is 1.00 bits per heavy atom. The summed E-state index contributed by atoms with van der Waals surface area (Å²) in [5.74, 6) is -0.920. The van der Waals surface area contributed by atoms with Crippen molar-refractivity contribution in [3.05, 3.63) is 48.6 Å². The van der Waals surface area contributed by atoms with E-state index in [1.165, 1.54) is 89.9 Å². The molecule has 324 valence electrons. The number of hydrogen-bond donors (Lipinski definition) is 0. The summed E-state index contributed by atoms with van der Waals surface area (Å²) >= 11 is 0. The Balaban J connectivity index is 4.31. The zero-order valence-electron chi connectivity index (χ0n) is 36.9. The minimum Gasteiger partial charge on any atom is -0.462 e. The van der Waals surface area contributed by atoms with Gasteiger partial charge in [-0.15, -0.1) is 0 Å². The highest BCUT2D eigenvalue weighted by molar-refractivity contribution is 5.71. The molecule has 0 aliphatic rings. The molecule has 0 amide bonds. The maximum Gasteiger partial charge on any atom is 0.306 e. The van der Waals surface area contributed by atoms with Gasteiger partial charge in [0.1, 0.15) is 13.2 Å². The highest BCUT2D eigenvalue weighted by atomic mass is 16.6. The molecular formula is C50H88O6. The number of esters is 3. The third kappa shape index (κ3) is 42.5. The number of ether oxygens (including phenoxy) is 3. The third-order valence-electron chi connectivity index (χ3n) is 10.1. The molecule has 0 rings (SSSR count). The second-order valence-electron chi connectivity index (χ2n) is 15.7. The van der Waals surface area contributed by atoms with Crippen LogP contribution in [0.3, 0.4) is 0 Å². The molecule has 56 heavy (non-hydrogen) atoms. The number of hydrogen-bond acceptors (Lipinski definition) is 6. The molecule has 0 aliphatic heterocycles. The van der Waals surface area contributed by atoms with Gasteiger partial charge in [0, 0.05) is 19.3 Å². The first-order valence-electron chi connectivity index (χ1n) is 23.6. The molecule has 0 saturated heterocycles. The smallest absolute Gasteiger partial charge is 0.306 e. The van der Waals surface area contributed by atoms with Crippen LogP contribution < -0.4 is 0 Å². The minimum absolute atomic E-state index is 0.0836. The van der Waals surface area contributed by atoms with Crippen LogP contribution in [-0.2, 0) is 28.6 Å². The molecule has 1 unspecified atom stereocenters. The first-order chi connectivity index (χ1) is 27.5. The lowest BCUT2D eigenvalue weighted by Gasteiger charge is -2.18. The summed E-state index contributed by atoms with van der Waals surface area (Å²) in [5.41, 5.74) is 0. The lowest BCUT2D eigenvalue weighted by molar-refractivity contribution is -0.167. The molecule has 0 heterocycles. The molecule has 0 aromatic rings. The van der Waals surface area contributed by atoms with Gasteiger partial charge in [0.2, 0.25) is 0 Å². The van der Waals surface area contributed by atoms with E-state index in [-0.39, 0.29) is 31.1 Å². The topological polar surface area (TPSA) is 78.9 Å². The molecule has 0 aromatic heterocycles. The summed E-state index contributed by atoms with van der Waals surface area (Å²) < 4.78 is 16.6. The van der Waals surface area contributed by atoms with Gasteiger partial charge in [-0.1, -0.05) is 179 Å². The number of carbonyl (C=O) groups is 3. The monoisotopic (exact) mass is 785 g/mol. The molecule has 6 heteroatoms. The number of carbonyl (C=O) groups excluding carboxylic acids is 3. The van der Waals surface area contributed by atoms with Gasteiger partial charge in [-0.3, -0.25) is 14.4 Å². The summed E-state index contributed by atoms with van der Waals surface area (Å²) in [6.45, 7) is 6.51. The Bertz CT molecular complexity index is 996. The lowest BCUT2D eigenvalue weighted by atomic mass is 10.1. The summed E-state index contributed by atoms with van der Waals surface area (Å²) in [6, 6.07) is 0. The van der Waals surface area contributed by atoms with E-state index in [4.69, 9.17) is 14.2 Å². The van der Waals surface area contributed by atoms with Crippen molar-refractivity contribution < 1.29 is 28.6 Å². The summed E-state index contributed by atoms with van der Waals surface area (Å²) in [7, 11) is 0. The fourth-order valence-electron chi connectivity index (χ4n) is 6.44. The van der Waals surface area contributed by atoms with Gasteiger partial charge in [-0.2, -0.15) is 0 Å². The van der Waals surface area contributed by atoms with Crippen molar-refractivity contribution in [1.29, 1.82) is 0 Å². The Hall–Kier alpha value is -2.63. The highest BCUT2D eigenvalue weighted by Gasteiger charge is 2.19. The fourth-order valence-corrected chi connectivity index (χ4v) is 6.44. The van der Waals surface area contributed by atoms with Gasteiger partial charge in [-0.05, 0) is 83.5 Å². The van der Waals surface area contributed by atoms with E-state index >= 15 is 0 Å². The second-order valence-corrected chi connectivity index (χ2v) is 15.7. The molecule has 0 N–H and O–H groups in total. The Kier molecular flexibility index (Phi) is 43.0. The Morgan fingerprint density at radius 2 is 0.643 bits per heavy atom. The van der Waals surface area contributed by atoms with Gasteiger partial charge in [0.25, 0.3) is 0 Å². The second kappa shape index (κ2) is 45.1. The Labute approximate surface area is 346 Å². The van der Waals surface area contributed by atoms with Crippen molar-refractivity contribution in [3.63, 3.8) is 0 Å². The predicted molar refractivity (Wildman–Crippen MR) is 238 cm³/mol. The number of unbranched alkanes of at least 4 members (excludes halogenated alkanes) is 23. The summed E-state index contributed by atoms with van der Waals surface area (Å²) in [6.07, 6.45) is 52.5. The van der Waals surface area contributed by atoms with E-state index in [1.54, 1.807) is 0 Å². The molecule has 0 bridgehead atoms. The lowest BCUT2D eigenvalue weighted by Crippen LogP contribution is -2.30. The van der Waals surface area contributed by atoms with Crippen molar-refractivity contribution >= 4 is 17.9 Å². The Morgan fingerprint density at radius 1 is 0.357 bits per heavy atom. The summed E-state index contributed by atoms with van der Waals surface area (Å²) in [4.78, 5) is 37.6. The SMILES string of the molecule is CCCCCC/C=C\C/C=C\CCCCCCCC(=O)OCC(COC(=O)CCCCCCCC)OC(=O)CCCCCCC/C=C\C/C=C\CCCCCC. The van der Waals surface area contributed by atoms with E-state index in [0.29, 0.717) is 19.3 Å². The van der Waals surface area contributed by atoms with Gasteiger partial charge >= 0.3 is 17.9 Å². The van der Waals surface area contributed by atoms with Gasteiger partial charge in [0.05, 0.1) is 0 Å². The largest absolute Gasteiger partial charge is 0.462 e. The molecule has 0 fully saturated rings. The van der Waals surface area contributed by atoms with E-state index in [2.05, 4.69) is 69.4 Å². The average molecular weight is 785 g/mol. The number of allylic oxidation sites excluding steroid dienone is 8. The number of rotatable bonds is 42. The van der Waals surface area contributed by atoms with Crippen molar-refractivity contribution in [3.8, 4) is 0 Å². The molecule has 1 atom stereocenters. The molecule has 6 nitrogen and oxygen atoms in total. The summed E-state index contributed by atoms with van der Waals surface area (Å²) in [5, 5.41) is 0. The molecular weight excluding hydrogens is 697 g/mol. The van der Waals surface area contributed by atoms with E-state index in [0.717, 1.165) is 103 Å². The molecule has 0 aromatic carbocycles. The quantitative estimate of drug-likeness (QED) is 0.0265. The van der Waals surface area contributed by atoms with Crippen LogP contribution in [0.25, 0.3) is 0 Å². The molecule has 0 spiro atoms. The minimum atomic E-state index is -0.781. The molecule has 0 saturated carbocycles. The van der Waals surface area contributed by atoms with Crippen LogP contribution in [0, 0.1) is 0 Å². The van der Waals surface area contributed by atoms with Gasteiger partial charge < -0.3 is 14.2 Å². The molecule has 0 radical (unpaired) electrons. The van der Waals surface area contributed by atoms with Crippen LogP contribution in [0.2, 0.25) is 0 Å². The van der Waals surface area contributed by atoms with E-state index < -0.39 is 6.10 Å². The third-order valence-corrected chi connectivity index (χ3v) is 10.1. The van der Waals surface area contributed by atoms with E-state index in [9.17, 15) is 14.4 Å². The standard InChI is InChI=1S/C50H88O6/c1-4-7-10-13-16-18-20-22-24-26-28-30-32-34-37-40-43-49(52)55-46-47(45-54-48(51)42-39-36-15-12-9-6-3)56-50(53)44-41-38-35-33-31-29-27-25-23-21-19-17-14-11-8-5-2/h18-21,24-27,47H,4-17,22-23,28-46H2,1-3H3/b20-18-,21-19-,26-24-,27-25-.